The molecule has 0 saturated carbocycles. The molecule has 4 rings (SSSR count). The Morgan fingerprint density at radius 1 is 1.10 bits per heavy atom. The molecule has 2 aromatic carbocycles. The number of nitrogens with one attached hydrogen (secondary N) is 2. The van der Waals surface area contributed by atoms with Gasteiger partial charge in [0.15, 0.2) is 0 Å². The lowest BCUT2D eigenvalue weighted by Gasteiger charge is -2.33. The van der Waals surface area contributed by atoms with Crippen LogP contribution in [0.4, 0.5) is 20.2 Å². The van der Waals surface area contributed by atoms with Crippen molar-refractivity contribution < 1.29 is 13.6 Å². The van der Waals surface area contributed by atoms with Crippen LogP contribution in [0.25, 0.3) is 0 Å². The first-order valence-corrected chi connectivity index (χ1v) is 10.6. The average Bonchev–Trinajstić information content (AvgIpc) is 2.79. The number of pyridine rings is 1. The second kappa shape index (κ2) is 8.98. The first-order valence-electron chi connectivity index (χ1n) is 10.2. The molecule has 0 spiro atoms. The average molecular weight is 440 g/mol. The first kappa shape index (κ1) is 21.2. The molecule has 7 heteroatoms. The highest BCUT2D eigenvalue weighted by Gasteiger charge is 2.27. The van der Waals surface area contributed by atoms with E-state index in [4.69, 9.17) is 12.2 Å². The van der Waals surface area contributed by atoms with E-state index in [0.29, 0.717) is 40.5 Å². The first-order chi connectivity index (χ1) is 14.9. The fourth-order valence-electron chi connectivity index (χ4n) is 3.98. The van der Waals surface area contributed by atoms with Gasteiger partial charge >= 0.3 is 0 Å². The van der Waals surface area contributed by atoms with E-state index >= 15 is 0 Å². The van der Waals surface area contributed by atoms with E-state index in [1.165, 1.54) is 18.2 Å². The second-order valence-electron chi connectivity index (χ2n) is 7.75. The van der Waals surface area contributed by atoms with Gasteiger partial charge in [0.05, 0.1) is 16.9 Å². The lowest BCUT2D eigenvalue weighted by Crippen LogP contribution is -2.38. The van der Waals surface area contributed by atoms with Gasteiger partial charge in [-0.3, -0.25) is 4.79 Å². The number of aromatic amines is 1. The fourth-order valence-corrected chi connectivity index (χ4v) is 4.14. The molecule has 1 amide bonds. The van der Waals surface area contributed by atoms with E-state index in [0.717, 1.165) is 18.4 Å². The number of carbonyl (C=O) groups is 1. The van der Waals surface area contributed by atoms with Crippen molar-refractivity contribution in [2.24, 2.45) is 0 Å². The third-order valence-corrected chi connectivity index (χ3v) is 6.24. The summed E-state index contributed by atoms with van der Waals surface area (Å²) in [5.41, 5.74) is 3.00. The lowest BCUT2D eigenvalue weighted by atomic mass is 9.89. The summed E-state index contributed by atoms with van der Waals surface area (Å²) < 4.78 is 27.9. The van der Waals surface area contributed by atoms with Crippen molar-refractivity contribution in [3.05, 3.63) is 87.7 Å². The number of H-pyrrole nitrogens is 1. The Hall–Kier alpha value is -3.06. The van der Waals surface area contributed by atoms with Crippen LogP contribution in [0.1, 0.15) is 40.2 Å². The molecule has 31 heavy (non-hydrogen) atoms. The van der Waals surface area contributed by atoms with E-state index in [1.807, 2.05) is 12.1 Å². The van der Waals surface area contributed by atoms with Gasteiger partial charge in [0, 0.05) is 24.8 Å². The summed E-state index contributed by atoms with van der Waals surface area (Å²) in [6.45, 7) is 2.99. The van der Waals surface area contributed by atoms with Crippen molar-refractivity contribution in [1.82, 2.24) is 9.88 Å². The van der Waals surface area contributed by atoms with Crippen LogP contribution in [0.15, 0.2) is 54.7 Å². The highest BCUT2D eigenvalue weighted by molar-refractivity contribution is 7.71. The maximum Gasteiger partial charge on any atom is 0.257 e. The largest absolute Gasteiger partial charge is 0.352 e. The minimum atomic E-state index is -0.404. The summed E-state index contributed by atoms with van der Waals surface area (Å²) in [6, 6.07) is 12.9. The van der Waals surface area contributed by atoms with E-state index in [9.17, 15) is 13.6 Å². The number of hydrogen-bond acceptors (Lipinski definition) is 3. The van der Waals surface area contributed by atoms with Gasteiger partial charge in [-0.05, 0) is 55.5 Å². The monoisotopic (exact) mass is 439 g/mol. The molecule has 1 fully saturated rings. The summed E-state index contributed by atoms with van der Waals surface area (Å²) in [4.78, 5) is 18.1. The molecule has 2 N–H and O–H groups in total. The summed E-state index contributed by atoms with van der Waals surface area (Å²) in [5.74, 6) is -0.489. The summed E-state index contributed by atoms with van der Waals surface area (Å²) in [5, 5.41) is 3.07. The fraction of sp³-hybridized carbons (Fsp3) is 0.250. The number of rotatable bonds is 4. The number of para-hydroxylation sites is 1. The third-order valence-electron chi connectivity index (χ3n) is 5.82. The second-order valence-corrected chi connectivity index (χ2v) is 8.16. The minimum absolute atomic E-state index is 0.134. The summed E-state index contributed by atoms with van der Waals surface area (Å²) >= 11 is 5.33. The van der Waals surface area contributed by atoms with Crippen LogP contribution < -0.4 is 5.32 Å². The number of nitrogens with zero attached hydrogens (tertiary/aromatic N) is 1. The molecule has 4 nitrogen and oxygen atoms in total. The third kappa shape index (κ3) is 4.51. The van der Waals surface area contributed by atoms with Gasteiger partial charge < -0.3 is 15.2 Å². The van der Waals surface area contributed by atoms with Crippen LogP contribution in [0.2, 0.25) is 0 Å². The van der Waals surface area contributed by atoms with Crippen molar-refractivity contribution in [3.63, 3.8) is 0 Å². The molecular weight excluding hydrogens is 416 g/mol. The molecule has 2 heterocycles. The van der Waals surface area contributed by atoms with E-state index < -0.39 is 5.82 Å². The SMILES string of the molecule is Cc1c(Nc2ccccc2F)c(C(=O)N2CCC(c3ccc(F)cc3)CC2)c[nH]c1=S. The molecule has 160 valence electrons. The van der Waals surface area contributed by atoms with Gasteiger partial charge in [-0.1, -0.05) is 36.5 Å². The molecule has 0 atom stereocenters. The van der Waals surface area contributed by atoms with Gasteiger partial charge in [0.1, 0.15) is 16.3 Å². The van der Waals surface area contributed by atoms with Gasteiger partial charge in [0.2, 0.25) is 0 Å². The van der Waals surface area contributed by atoms with Crippen LogP contribution in [0.5, 0.6) is 0 Å². The van der Waals surface area contributed by atoms with Gasteiger partial charge in [-0.15, -0.1) is 0 Å². The molecule has 1 aromatic heterocycles. The zero-order valence-corrected chi connectivity index (χ0v) is 17.9. The standard InChI is InChI=1S/C24H23F2N3OS/c1-15-22(28-21-5-3-2-4-20(21)26)19(14-27-23(15)31)24(30)29-12-10-17(11-13-29)16-6-8-18(25)9-7-16/h2-9,14,17H,10-13H2,1H3,(H2,27,28,31). The summed E-state index contributed by atoms with van der Waals surface area (Å²) in [7, 11) is 0. The molecule has 3 aromatic rings. The zero-order valence-electron chi connectivity index (χ0n) is 17.1. The molecule has 0 radical (unpaired) electrons. The number of hydrogen-bond donors (Lipinski definition) is 2. The number of benzene rings is 2. The molecule has 1 aliphatic heterocycles. The van der Waals surface area contributed by atoms with E-state index in [1.54, 1.807) is 36.2 Å². The number of amides is 1. The quantitative estimate of drug-likeness (QED) is 0.483. The van der Waals surface area contributed by atoms with Crippen molar-refractivity contribution in [1.29, 1.82) is 0 Å². The Balaban J connectivity index is 1.55. The zero-order chi connectivity index (χ0) is 22.0. The highest BCUT2D eigenvalue weighted by atomic mass is 32.1. The number of aromatic nitrogens is 1. The molecule has 0 unspecified atom stereocenters. The number of likely N-dealkylation sites (tertiary alicyclic amines) is 1. The van der Waals surface area contributed by atoms with Crippen molar-refractivity contribution >= 4 is 29.5 Å². The van der Waals surface area contributed by atoms with Crippen LogP contribution in [0, 0.1) is 23.2 Å². The molecule has 0 bridgehead atoms. The smallest absolute Gasteiger partial charge is 0.257 e. The van der Waals surface area contributed by atoms with Crippen LogP contribution in [0.3, 0.4) is 0 Å². The normalized spacial score (nSPS) is 14.5. The molecular formula is C24H23F2N3OS. The van der Waals surface area contributed by atoms with Crippen LogP contribution in [-0.4, -0.2) is 28.9 Å². The predicted molar refractivity (Wildman–Crippen MR) is 120 cm³/mol. The van der Waals surface area contributed by atoms with Gasteiger partial charge in [-0.25, -0.2) is 8.78 Å². The number of carbonyl (C=O) groups excluding carboxylic acids is 1. The lowest BCUT2D eigenvalue weighted by molar-refractivity contribution is 0.0713. The maximum absolute atomic E-state index is 14.2. The Labute approximate surface area is 184 Å². The topological polar surface area (TPSA) is 48.1 Å². The predicted octanol–water partition coefficient (Wildman–Crippen LogP) is 6.09. The van der Waals surface area contributed by atoms with E-state index in [2.05, 4.69) is 10.3 Å². The van der Waals surface area contributed by atoms with Gasteiger partial charge in [-0.2, -0.15) is 0 Å². The number of piperidine rings is 1. The molecule has 1 aliphatic rings. The minimum Gasteiger partial charge on any atom is -0.352 e. The Morgan fingerprint density at radius 3 is 2.45 bits per heavy atom. The van der Waals surface area contributed by atoms with Crippen LogP contribution in [-0.2, 0) is 0 Å². The number of halogens is 2. The number of anilines is 2. The van der Waals surface area contributed by atoms with Crippen molar-refractivity contribution in [2.45, 2.75) is 25.7 Å². The van der Waals surface area contributed by atoms with E-state index in [-0.39, 0.29) is 17.4 Å². The highest BCUT2D eigenvalue weighted by Crippen LogP contribution is 2.31. The molecule has 0 aliphatic carbocycles. The van der Waals surface area contributed by atoms with Crippen molar-refractivity contribution in [3.8, 4) is 0 Å². The summed E-state index contributed by atoms with van der Waals surface area (Å²) in [6.07, 6.45) is 3.19. The Kier molecular flexibility index (Phi) is 6.13. The Morgan fingerprint density at radius 2 is 1.77 bits per heavy atom. The van der Waals surface area contributed by atoms with Crippen LogP contribution >= 0.6 is 12.2 Å². The van der Waals surface area contributed by atoms with Gasteiger partial charge in [0.25, 0.3) is 5.91 Å². The maximum atomic E-state index is 14.2. The molecule has 1 saturated heterocycles. The van der Waals surface area contributed by atoms with Crippen molar-refractivity contribution in [2.75, 3.05) is 18.4 Å². The Bertz CT molecular complexity index is 1150.